The predicted octanol–water partition coefficient (Wildman–Crippen LogP) is 6.71. The summed E-state index contributed by atoms with van der Waals surface area (Å²) in [6.07, 6.45) is 1.71. The SMILES string of the molecule is CCOc1cc(/C=C2\SC(Nc3ccccc3F)NC2=O)cc(Cl)c1OCc1ccc(Cl)cc1. The van der Waals surface area contributed by atoms with Crippen LogP contribution in [0.5, 0.6) is 11.5 Å². The summed E-state index contributed by atoms with van der Waals surface area (Å²) in [6, 6.07) is 17.1. The van der Waals surface area contributed by atoms with Crippen LogP contribution in [0.25, 0.3) is 6.08 Å². The van der Waals surface area contributed by atoms with Crippen LogP contribution < -0.4 is 20.1 Å². The molecule has 1 heterocycles. The van der Waals surface area contributed by atoms with Crippen LogP contribution >= 0.6 is 35.0 Å². The third-order valence-corrected chi connectivity index (χ3v) is 6.38. The molecule has 0 radical (unpaired) electrons. The van der Waals surface area contributed by atoms with Gasteiger partial charge in [-0.05, 0) is 60.5 Å². The van der Waals surface area contributed by atoms with E-state index in [9.17, 15) is 9.18 Å². The predicted molar refractivity (Wildman–Crippen MR) is 136 cm³/mol. The Hall–Kier alpha value is -2.87. The van der Waals surface area contributed by atoms with Crippen molar-refractivity contribution >= 4 is 52.6 Å². The minimum Gasteiger partial charge on any atom is -0.490 e. The number of nitrogens with one attached hydrogen (secondary N) is 2. The van der Waals surface area contributed by atoms with Crippen LogP contribution in [0.2, 0.25) is 10.0 Å². The number of ether oxygens (including phenoxy) is 2. The molecule has 1 saturated heterocycles. The van der Waals surface area contributed by atoms with Gasteiger partial charge in [0.15, 0.2) is 17.0 Å². The van der Waals surface area contributed by atoms with E-state index in [1.54, 1.807) is 48.5 Å². The molecule has 0 aromatic heterocycles. The van der Waals surface area contributed by atoms with Crippen LogP contribution in [0.4, 0.5) is 10.1 Å². The highest BCUT2D eigenvalue weighted by atomic mass is 35.5. The monoisotopic (exact) mass is 518 g/mol. The molecule has 3 aromatic carbocycles. The molecule has 1 fully saturated rings. The van der Waals surface area contributed by atoms with E-state index in [0.29, 0.717) is 50.9 Å². The summed E-state index contributed by atoms with van der Waals surface area (Å²) in [4.78, 5) is 12.9. The number of para-hydroxylation sites is 1. The maximum atomic E-state index is 13.9. The van der Waals surface area contributed by atoms with Crippen LogP contribution in [0.15, 0.2) is 65.6 Å². The first kappa shape index (κ1) is 24.3. The number of anilines is 1. The zero-order chi connectivity index (χ0) is 24.1. The summed E-state index contributed by atoms with van der Waals surface area (Å²) in [5.74, 6) is 0.233. The molecule has 0 spiro atoms. The van der Waals surface area contributed by atoms with E-state index in [-0.39, 0.29) is 5.91 Å². The van der Waals surface area contributed by atoms with Gasteiger partial charge in [-0.3, -0.25) is 4.79 Å². The van der Waals surface area contributed by atoms with Crippen molar-refractivity contribution in [2.24, 2.45) is 0 Å². The van der Waals surface area contributed by atoms with Crippen molar-refractivity contribution in [2.45, 2.75) is 19.0 Å². The molecule has 9 heteroatoms. The van der Waals surface area contributed by atoms with E-state index >= 15 is 0 Å². The quantitative estimate of drug-likeness (QED) is 0.324. The Balaban J connectivity index is 1.51. The fourth-order valence-electron chi connectivity index (χ4n) is 3.25. The number of hydrogen-bond donors (Lipinski definition) is 2. The molecular formula is C25H21Cl2FN2O3S. The lowest BCUT2D eigenvalue weighted by Gasteiger charge is -2.15. The van der Waals surface area contributed by atoms with Crippen molar-refractivity contribution in [1.29, 1.82) is 0 Å². The first-order valence-corrected chi connectivity index (χ1v) is 12.1. The van der Waals surface area contributed by atoms with Gasteiger partial charge in [-0.25, -0.2) is 4.39 Å². The number of amides is 1. The normalized spacial score (nSPS) is 16.4. The van der Waals surface area contributed by atoms with Gasteiger partial charge < -0.3 is 20.1 Å². The molecule has 1 unspecified atom stereocenters. The largest absolute Gasteiger partial charge is 0.490 e. The van der Waals surface area contributed by atoms with Gasteiger partial charge >= 0.3 is 0 Å². The zero-order valence-corrected chi connectivity index (χ0v) is 20.4. The third kappa shape index (κ3) is 5.97. The van der Waals surface area contributed by atoms with Crippen molar-refractivity contribution in [2.75, 3.05) is 11.9 Å². The number of thioether (sulfide) groups is 1. The van der Waals surface area contributed by atoms with E-state index in [1.165, 1.54) is 17.8 Å². The van der Waals surface area contributed by atoms with E-state index < -0.39 is 11.3 Å². The van der Waals surface area contributed by atoms with Crippen molar-refractivity contribution in [3.63, 3.8) is 0 Å². The number of rotatable bonds is 8. The Morgan fingerprint density at radius 2 is 1.88 bits per heavy atom. The topological polar surface area (TPSA) is 59.6 Å². The molecule has 176 valence electrons. The van der Waals surface area contributed by atoms with E-state index in [4.69, 9.17) is 32.7 Å². The lowest BCUT2D eigenvalue weighted by molar-refractivity contribution is -0.116. The van der Waals surface area contributed by atoms with Gasteiger partial charge in [0.05, 0.1) is 22.2 Å². The summed E-state index contributed by atoms with van der Waals surface area (Å²) < 4.78 is 25.6. The Morgan fingerprint density at radius 1 is 1.12 bits per heavy atom. The van der Waals surface area contributed by atoms with E-state index in [2.05, 4.69) is 10.6 Å². The minimum absolute atomic E-state index is 0.268. The van der Waals surface area contributed by atoms with Gasteiger partial charge in [-0.2, -0.15) is 0 Å². The Labute approximate surface area is 211 Å². The summed E-state index contributed by atoms with van der Waals surface area (Å²) in [6.45, 7) is 2.57. The molecule has 1 amide bonds. The van der Waals surface area contributed by atoms with Gasteiger partial charge in [-0.15, -0.1) is 0 Å². The molecule has 2 N–H and O–H groups in total. The Bertz CT molecular complexity index is 1220. The van der Waals surface area contributed by atoms with Gasteiger partial charge in [0.25, 0.3) is 5.91 Å². The number of carbonyl (C=O) groups excluding carboxylic acids is 1. The molecule has 5 nitrogen and oxygen atoms in total. The molecule has 0 aliphatic carbocycles. The first-order chi connectivity index (χ1) is 16.4. The molecule has 4 rings (SSSR count). The number of halogens is 3. The summed E-state index contributed by atoms with van der Waals surface area (Å²) in [7, 11) is 0. The molecule has 34 heavy (non-hydrogen) atoms. The van der Waals surface area contributed by atoms with Crippen LogP contribution in [-0.4, -0.2) is 18.0 Å². The summed E-state index contributed by atoms with van der Waals surface area (Å²) in [5.41, 5.74) is 1.42. The van der Waals surface area contributed by atoms with Gasteiger partial charge in [0.1, 0.15) is 12.4 Å². The molecule has 1 atom stereocenters. The second kappa shape index (κ2) is 11.0. The lowest BCUT2D eigenvalue weighted by Crippen LogP contribution is -2.31. The van der Waals surface area contributed by atoms with E-state index in [1.807, 2.05) is 19.1 Å². The molecule has 3 aromatic rings. The van der Waals surface area contributed by atoms with Crippen molar-refractivity contribution < 1.29 is 18.7 Å². The minimum atomic E-state index is -0.500. The van der Waals surface area contributed by atoms with E-state index in [0.717, 1.165) is 5.56 Å². The van der Waals surface area contributed by atoms with Gasteiger partial charge in [0, 0.05) is 5.02 Å². The van der Waals surface area contributed by atoms with Crippen molar-refractivity contribution in [1.82, 2.24) is 5.32 Å². The fourth-order valence-corrected chi connectivity index (χ4v) is 4.62. The second-order valence-corrected chi connectivity index (χ2v) is 9.27. The number of benzene rings is 3. The van der Waals surface area contributed by atoms with Crippen molar-refractivity contribution in [3.05, 3.63) is 92.6 Å². The maximum Gasteiger partial charge on any atom is 0.260 e. The van der Waals surface area contributed by atoms with Crippen molar-refractivity contribution in [3.8, 4) is 11.5 Å². The van der Waals surface area contributed by atoms with Crippen LogP contribution in [-0.2, 0) is 11.4 Å². The van der Waals surface area contributed by atoms with Crippen LogP contribution in [0.3, 0.4) is 0 Å². The zero-order valence-electron chi connectivity index (χ0n) is 18.1. The first-order valence-electron chi connectivity index (χ1n) is 10.5. The molecule has 1 aliphatic rings. The lowest BCUT2D eigenvalue weighted by atomic mass is 10.1. The molecule has 0 bridgehead atoms. The molecular weight excluding hydrogens is 498 g/mol. The molecule has 0 saturated carbocycles. The van der Waals surface area contributed by atoms with Crippen LogP contribution in [0, 0.1) is 5.82 Å². The highest BCUT2D eigenvalue weighted by Crippen LogP contribution is 2.39. The van der Waals surface area contributed by atoms with Gasteiger partial charge in [-0.1, -0.05) is 59.2 Å². The van der Waals surface area contributed by atoms with Crippen LogP contribution in [0.1, 0.15) is 18.1 Å². The third-order valence-electron chi connectivity index (χ3n) is 4.82. The average molecular weight is 519 g/mol. The smallest absolute Gasteiger partial charge is 0.260 e. The highest BCUT2D eigenvalue weighted by molar-refractivity contribution is 8.05. The Kier molecular flexibility index (Phi) is 7.88. The summed E-state index contributed by atoms with van der Waals surface area (Å²) >= 11 is 13.7. The average Bonchev–Trinajstić information content (AvgIpc) is 3.14. The molecule has 1 aliphatic heterocycles. The second-order valence-electron chi connectivity index (χ2n) is 7.28. The van der Waals surface area contributed by atoms with Gasteiger partial charge in [0.2, 0.25) is 0 Å². The number of hydrogen-bond acceptors (Lipinski definition) is 5. The maximum absolute atomic E-state index is 13.9. The highest BCUT2D eigenvalue weighted by Gasteiger charge is 2.28. The summed E-state index contributed by atoms with van der Waals surface area (Å²) in [5, 5.41) is 6.77. The fraction of sp³-hybridized carbons (Fsp3) is 0.160. The standard InChI is InChI=1S/C25H21Cl2FN2O3S/c1-2-32-21-12-16(11-18(27)23(21)33-14-15-7-9-17(26)10-8-15)13-22-24(31)30-25(34-22)29-20-6-4-3-5-19(20)28/h3-13,25,29H,2,14H2,1H3,(H,30,31)/b22-13-. The Morgan fingerprint density at radius 3 is 2.62 bits per heavy atom. The number of carbonyl (C=O) groups is 1.